The molecule has 0 aliphatic heterocycles. The Morgan fingerprint density at radius 2 is 2.25 bits per heavy atom. The van der Waals surface area contributed by atoms with Crippen LogP contribution in [0.1, 0.15) is 6.92 Å². The first-order valence-corrected chi connectivity index (χ1v) is 5.42. The van der Waals surface area contributed by atoms with Crippen molar-refractivity contribution in [3.05, 3.63) is 0 Å². The van der Waals surface area contributed by atoms with Gasteiger partial charge in [0.2, 0.25) is 5.91 Å². The Balaban J connectivity index is 3.47. The molecule has 0 heterocycles. The molecule has 0 unspecified atom stereocenters. The molecule has 0 aliphatic carbocycles. The molecule has 3 nitrogen and oxygen atoms in total. The van der Waals surface area contributed by atoms with Crippen LogP contribution in [0.25, 0.3) is 0 Å². The predicted molar refractivity (Wildman–Crippen MR) is 52.5 cm³/mol. The Morgan fingerprint density at radius 1 is 1.58 bits per heavy atom. The van der Waals surface area contributed by atoms with E-state index in [9.17, 15) is 4.79 Å². The summed E-state index contributed by atoms with van der Waals surface area (Å²) in [5.74, 6) is 1.04. The minimum Gasteiger partial charge on any atom is -0.372 e. The maximum atomic E-state index is 11.2. The van der Waals surface area contributed by atoms with Gasteiger partial charge < -0.3 is 9.64 Å². The van der Waals surface area contributed by atoms with Crippen LogP contribution >= 0.6 is 11.8 Å². The van der Waals surface area contributed by atoms with Gasteiger partial charge in [0.25, 0.3) is 0 Å². The molecule has 0 rings (SSSR count). The molecule has 0 bridgehead atoms. The molecule has 1 amide bonds. The lowest BCUT2D eigenvalue weighted by molar-refractivity contribution is -0.134. The number of thioether (sulfide) groups is 1. The number of amides is 1. The van der Waals surface area contributed by atoms with E-state index in [0.29, 0.717) is 6.61 Å². The van der Waals surface area contributed by atoms with Crippen LogP contribution in [0.15, 0.2) is 0 Å². The fraction of sp³-hybridized carbons (Fsp3) is 0.875. The quantitative estimate of drug-likeness (QED) is 0.623. The first-order chi connectivity index (χ1) is 5.72. The lowest BCUT2D eigenvalue weighted by atomic mass is 10.5. The SMILES string of the molecule is CCOCC(=O)N(C)CCSC. The fourth-order valence-electron chi connectivity index (χ4n) is 0.652. The molecule has 0 aliphatic rings. The third-order valence-electron chi connectivity index (χ3n) is 1.49. The second-order valence-corrected chi connectivity index (χ2v) is 3.43. The number of ether oxygens (including phenoxy) is 1. The van der Waals surface area contributed by atoms with Gasteiger partial charge in [0.05, 0.1) is 0 Å². The van der Waals surface area contributed by atoms with Crippen molar-refractivity contribution in [3.8, 4) is 0 Å². The first-order valence-electron chi connectivity index (χ1n) is 4.03. The van der Waals surface area contributed by atoms with Crippen LogP contribution in [0.5, 0.6) is 0 Å². The van der Waals surface area contributed by atoms with E-state index in [-0.39, 0.29) is 12.5 Å². The second-order valence-electron chi connectivity index (χ2n) is 2.45. The van der Waals surface area contributed by atoms with Gasteiger partial charge in [0, 0.05) is 26.0 Å². The summed E-state index contributed by atoms with van der Waals surface area (Å²) in [4.78, 5) is 12.9. The zero-order valence-corrected chi connectivity index (χ0v) is 8.82. The van der Waals surface area contributed by atoms with E-state index in [4.69, 9.17) is 4.74 Å². The summed E-state index contributed by atoms with van der Waals surface area (Å²) in [7, 11) is 1.80. The first kappa shape index (κ1) is 11.8. The van der Waals surface area contributed by atoms with E-state index in [0.717, 1.165) is 12.3 Å². The molecule has 0 radical (unpaired) electrons. The standard InChI is InChI=1S/C8H17NO2S/c1-4-11-7-8(10)9(2)5-6-12-3/h4-7H2,1-3H3. The Bertz CT molecular complexity index is 130. The number of likely N-dealkylation sites (N-methyl/N-ethyl adjacent to an activating group) is 1. The molecule has 0 fully saturated rings. The monoisotopic (exact) mass is 191 g/mol. The molecule has 0 saturated heterocycles. The van der Waals surface area contributed by atoms with Crippen LogP contribution in [0, 0.1) is 0 Å². The molecule has 0 atom stereocenters. The van der Waals surface area contributed by atoms with Gasteiger partial charge in [-0.15, -0.1) is 0 Å². The molecule has 0 N–H and O–H groups in total. The van der Waals surface area contributed by atoms with Crippen LogP contribution in [0.2, 0.25) is 0 Å². The van der Waals surface area contributed by atoms with E-state index >= 15 is 0 Å². The van der Waals surface area contributed by atoms with Crippen molar-refractivity contribution in [2.45, 2.75) is 6.92 Å². The molecule has 12 heavy (non-hydrogen) atoms. The molecule has 4 heteroatoms. The highest BCUT2D eigenvalue weighted by Gasteiger charge is 2.06. The average Bonchev–Trinajstić information content (AvgIpc) is 2.10. The van der Waals surface area contributed by atoms with Crippen molar-refractivity contribution < 1.29 is 9.53 Å². The summed E-state index contributed by atoms with van der Waals surface area (Å²) in [5, 5.41) is 0. The fourth-order valence-corrected chi connectivity index (χ4v) is 1.11. The molecule has 0 aromatic rings. The zero-order valence-electron chi connectivity index (χ0n) is 8.00. The van der Waals surface area contributed by atoms with Gasteiger partial charge in [0.15, 0.2) is 0 Å². The number of nitrogens with zero attached hydrogens (tertiary/aromatic N) is 1. The third-order valence-corrected chi connectivity index (χ3v) is 2.08. The van der Waals surface area contributed by atoms with Gasteiger partial charge in [-0.1, -0.05) is 0 Å². The molecule has 0 saturated carbocycles. The zero-order chi connectivity index (χ0) is 9.40. The molecular formula is C8H17NO2S. The summed E-state index contributed by atoms with van der Waals surface area (Å²) in [6.07, 6.45) is 2.03. The molecule has 0 aromatic heterocycles. The number of carbonyl (C=O) groups is 1. The summed E-state index contributed by atoms with van der Waals surface area (Å²) >= 11 is 1.74. The van der Waals surface area contributed by atoms with Gasteiger partial charge in [-0.3, -0.25) is 4.79 Å². The van der Waals surface area contributed by atoms with E-state index in [1.54, 1.807) is 23.7 Å². The van der Waals surface area contributed by atoms with E-state index in [1.807, 2.05) is 13.2 Å². The van der Waals surface area contributed by atoms with Crippen LogP contribution in [-0.4, -0.2) is 49.6 Å². The Morgan fingerprint density at radius 3 is 2.75 bits per heavy atom. The topological polar surface area (TPSA) is 29.5 Å². The summed E-state index contributed by atoms with van der Waals surface area (Å²) in [6.45, 7) is 3.49. The second kappa shape index (κ2) is 7.43. The van der Waals surface area contributed by atoms with Crippen molar-refractivity contribution >= 4 is 17.7 Å². The van der Waals surface area contributed by atoms with Crippen molar-refractivity contribution in [2.75, 3.05) is 38.8 Å². The smallest absolute Gasteiger partial charge is 0.248 e. The Hall–Kier alpha value is -0.220. The normalized spacial score (nSPS) is 9.92. The van der Waals surface area contributed by atoms with E-state index in [2.05, 4.69) is 0 Å². The Labute approximate surface area is 78.5 Å². The van der Waals surface area contributed by atoms with Gasteiger partial charge in [0.1, 0.15) is 6.61 Å². The third kappa shape index (κ3) is 5.43. The van der Waals surface area contributed by atoms with Crippen molar-refractivity contribution in [2.24, 2.45) is 0 Å². The summed E-state index contributed by atoms with van der Waals surface area (Å²) in [6, 6.07) is 0. The van der Waals surface area contributed by atoms with E-state index in [1.165, 1.54) is 0 Å². The van der Waals surface area contributed by atoms with Crippen LogP contribution in [0.4, 0.5) is 0 Å². The number of hydrogen-bond donors (Lipinski definition) is 0. The molecule has 0 spiro atoms. The molecule has 72 valence electrons. The van der Waals surface area contributed by atoms with E-state index < -0.39 is 0 Å². The number of carbonyl (C=O) groups excluding carboxylic acids is 1. The lowest BCUT2D eigenvalue weighted by Crippen LogP contribution is -2.32. The van der Waals surface area contributed by atoms with Crippen molar-refractivity contribution in [1.29, 1.82) is 0 Å². The summed E-state index contributed by atoms with van der Waals surface area (Å²) < 4.78 is 5.00. The molecular weight excluding hydrogens is 174 g/mol. The molecule has 0 aromatic carbocycles. The van der Waals surface area contributed by atoms with Gasteiger partial charge >= 0.3 is 0 Å². The highest BCUT2D eigenvalue weighted by Crippen LogP contribution is 1.94. The highest BCUT2D eigenvalue weighted by atomic mass is 32.2. The predicted octanol–water partition coefficient (Wildman–Crippen LogP) is 0.844. The van der Waals surface area contributed by atoms with Gasteiger partial charge in [-0.25, -0.2) is 0 Å². The highest BCUT2D eigenvalue weighted by molar-refractivity contribution is 7.98. The number of hydrogen-bond acceptors (Lipinski definition) is 3. The van der Waals surface area contributed by atoms with Gasteiger partial charge in [-0.2, -0.15) is 11.8 Å². The van der Waals surface area contributed by atoms with Crippen LogP contribution in [0.3, 0.4) is 0 Å². The van der Waals surface area contributed by atoms with Crippen molar-refractivity contribution in [3.63, 3.8) is 0 Å². The summed E-state index contributed by atoms with van der Waals surface area (Å²) in [5.41, 5.74) is 0. The largest absolute Gasteiger partial charge is 0.372 e. The number of rotatable bonds is 6. The Kier molecular flexibility index (Phi) is 7.29. The van der Waals surface area contributed by atoms with Crippen LogP contribution < -0.4 is 0 Å². The van der Waals surface area contributed by atoms with Gasteiger partial charge in [-0.05, 0) is 13.2 Å². The minimum absolute atomic E-state index is 0.0610. The van der Waals surface area contributed by atoms with Crippen LogP contribution in [-0.2, 0) is 9.53 Å². The maximum Gasteiger partial charge on any atom is 0.248 e. The average molecular weight is 191 g/mol. The minimum atomic E-state index is 0.0610. The lowest BCUT2D eigenvalue weighted by Gasteiger charge is -2.15. The maximum absolute atomic E-state index is 11.2. The van der Waals surface area contributed by atoms with Crippen molar-refractivity contribution in [1.82, 2.24) is 4.90 Å².